The maximum atomic E-state index is 14.8. The fourth-order valence-electron chi connectivity index (χ4n) is 6.28. The minimum Gasteiger partial charge on any atom is -0.493 e. The molecule has 1 atom stereocenters. The normalized spacial score (nSPS) is 14.0. The molecular formula is C39H44ClN3O6S. The number of aryl methyl sites for hydroxylation is 1. The molecule has 0 bridgehead atoms. The van der Waals surface area contributed by atoms with Crippen molar-refractivity contribution in [2.75, 3.05) is 25.1 Å². The van der Waals surface area contributed by atoms with E-state index in [0.717, 1.165) is 47.5 Å². The fourth-order valence-corrected chi connectivity index (χ4v) is 7.90. The third kappa shape index (κ3) is 9.17. The lowest BCUT2D eigenvalue weighted by Gasteiger charge is -2.35. The van der Waals surface area contributed by atoms with Crippen molar-refractivity contribution in [3.63, 3.8) is 0 Å². The lowest BCUT2D eigenvalue weighted by Crippen LogP contribution is -2.55. The summed E-state index contributed by atoms with van der Waals surface area (Å²) in [5, 5.41) is 3.71. The standard InChI is InChI=1S/C39H44ClN3O6S/c1-28-17-20-34(21-18-28)50(46,47)43(33-19-22-36(48-2)37(25-33)49-3)27-38(44)42(26-30-13-10-14-31(40)23-30)35(24-29-11-6-4-7-12-29)39(45)41-32-15-8-5-9-16-32/h4,6-7,10-14,17-23,25,32,35H,5,8-9,15-16,24,26-27H2,1-3H3,(H,41,45). The number of benzene rings is 4. The van der Waals surface area contributed by atoms with Gasteiger partial charge < -0.3 is 19.7 Å². The smallest absolute Gasteiger partial charge is 0.264 e. The number of halogens is 1. The highest BCUT2D eigenvalue weighted by molar-refractivity contribution is 7.92. The Kier molecular flexibility index (Phi) is 12.4. The van der Waals surface area contributed by atoms with Crippen LogP contribution < -0.4 is 19.1 Å². The molecule has 9 nitrogen and oxygen atoms in total. The highest BCUT2D eigenvalue weighted by Gasteiger charge is 2.35. The van der Waals surface area contributed by atoms with Crippen LogP contribution in [0.2, 0.25) is 5.02 Å². The van der Waals surface area contributed by atoms with Crippen LogP contribution in [0.4, 0.5) is 5.69 Å². The quantitative estimate of drug-likeness (QED) is 0.151. The lowest BCUT2D eigenvalue weighted by atomic mass is 9.94. The molecule has 2 amide bonds. The third-order valence-electron chi connectivity index (χ3n) is 9.01. The Morgan fingerprint density at radius 3 is 2.18 bits per heavy atom. The zero-order valence-electron chi connectivity index (χ0n) is 28.7. The van der Waals surface area contributed by atoms with E-state index in [-0.39, 0.29) is 35.5 Å². The minimum atomic E-state index is -4.28. The number of rotatable bonds is 14. The molecule has 0 radical (unpaired) electrons. The third-order valence-corrected chi connectivity index (χ3v) is 11.0. The van der Waals surface area contributed by atoms with Crippen molar-refractivity contribution in [2.45, 2.75) is 69.0 Å². The van der Waals surface area contributed by atoms with Crippen LogP contribution in [-0.4, -0.2) is 58.0 Å². The first-order chi connectivity index (χ1) is 24.1. The molecule has 4 aromatic rings. The number of carbonyl (C=O) groups is 2. The van der Waals surface area contributed by atoms with Crippen LogP contribution in [0.5, 0.6) is 11.5 Å². The van der Waals surface area contributed by atoms with Gasteiger partial charge in [-0.25, -0.2) is 8.42 Å². The summed E-state index contributed by atoms with van der Waals surface area (Å²) in [6, 6.07) is 26.8. The molecule has 5 rings (SSSR count). The molecule has 11 heteroatoms. The van der Waals surface area contributed by atoms with Gasteiger partial charge in [0.2, 0.25) is 11.8 Å². The van der Waals surface area contributed by atoms with Gasteiger partial charge in [-0.1, -0.05) is 91.0 Å². The Labute approximate surface area is 300 Å². The van der Waals surface area contributed by atoms with Crippen LogP contribution in [-0.2, 0) is 32.6 Å². The van der Waals surface area contributed by atoms with Crippen LogP contribution in [0.25, 0.3) is 0 Å². The average Bonchev–Trinajstić information content (AvgIpc) is 3.12. The van der Waals surface area contributed by atoms with Gasteiger partial charge in [-0.2, -0.15) is 0 Å². The summed E-state index contributed by atoms with van der Waals surface area (Å²) in [6.45, 7) is 1.30. The Bertz CT molecular complexity index is 1860. The number of anilines is 1. The van der Waals surface area contributed by atoms with Gasteiger partial charge in [-0.3, -0.25) is 13.9 Å². The summed E-state index contributed by atoms with van der Waals surface area (Å²) in [5.41, 5.74) is 2.65. The van der Waals surface area contributed by atoms with Gasteiger partial charge >= 0.3 is 0 Å². The van der Waals surface area contributed by atoms with Crippen molar-refractivity contribution in [3.05, 3.63) is 119 Å². The second-order valence-corrected chi connectivity index (χ2v) is 14.9. The van der Waals surface area contributed by atoms with Crippen molar-refractivity contribution < 1.29 is 27.5 Å². The van der Waals surface area contributed by atoms with E-state index in [4.69, 9.17) is 21.1 Å². The monoisotopic (exact) mass is 717 g/mol. The summed E-state index contributed by atoms with van der Waals surface area (Å²) in [6.07, 6.45) is 5.14. The van der Waals surface area contributed by atoms with Crippen molar-refractivity contribution in [2.24, 2.45) is 0 Å². The highest BCUT2D eigenvalue weighted by Crippen LogP contribution is 2.34. The summed E-state index contributed by atoms with van der Waals surface area (Å²) < 4.78 is 40.8. The minimum absolute atomic E-state index is 0.00261. The fraction of sp³-hybridized carbons (Fsp3) is 0.333. The Balaban J connectivity index is 1.59. The van der Waals surface area contributed by atoms with Crippen LogP contribution in [0, 0.1) is 6.92 Å². The predicted molar refractivity (Wildman–Crippen MR) is 196 cm³/mol. The highest BCUT2D eigenvalue weighted by atomic mass is 35.5. The molecule has 50 heavy (non-hydrogen) atoms. The van der Waals surface area contributed by atoms with Gasteiger partial charge in [-0.15, -0.1) is 0 Å². The summed E-state index contributed by atoms with van der Waals surface area (Å²) in [7, 11) is -1.34. The second-order valence-electron chi connectivity index (χ2n) is 12.6. The van der Waals surface area contributed by atoms with E-state index < -0.39 is 28.5 Å². The second kappa shape index (κ2) is 16.9. The van der Waals surface area contributed by atoms with E-state index in [1.807, 2.05) is 43.3 Å². The summed E-state index contributed by atoms with van der Waals surface area (Å²) in [5.74, 6) is -0.142. The van der Waals surface area contributed by atoms with Gasteiger partial charge in [-0.05, 0) is 67.3 Å². The summed E-state index contributed by atoms with van der Waals surface area (Å²) in [4.78, 5) is 30.6. The molecule has 4 aromatic carbocycles. The Morgan fingerprint density at radius 1 is 0.840 bits per heavy atom. The summed E-state index contributed by atoms with van der Waals surface area (Å²) >= 11 is 6.37. The molecule has 1 N–H and O–H groups in total. The molecule has 0 saturated heterocycles. The van der Waals surface area contributed by atoms with E-state index in [9.17, 15) is 18.0 Å². The SMILES string of the molecule is COc1ccc(N(CC(=O)N(Cc2cccc(Cl)c2)C(Cc2ccccc2)C(=O)NC2CCCCC2)S(=O)(=O)c2ccc(C)cc2)cc1OC. The van der Waals surface area contributed by atoms with Gasteiger partial charge in [0, 0.05) is 30.1 Å². The maximum absolute atomic E-state index is 14.8. The van der Waals surface area contributed by atoms with Crippen LogP contribution in [0.15, 0.2) is 102 Å². The zero-order valence-corrected chi connectivity index (χ0v) is 30.3. The van der Waals surface area contributed by atoms with Crippen molar-refractivity contribution in [1.82, 2.24) is 10.2 Å². The molecule has 0 aliphatic heterocycles. The molecule has 0 spiro atoms. The maximum Gasteiger partial charge on any atom is 0.264 e. The number of sulfonamides is 1. The van der Waals surface area contributed by atoms with Gasteiger partial charge in [0.15, 0.2) is 11.5 Å². The van der Waals surface area contributed by atoms with E-state index in [1.165, 1.54) is 37.3 Å². The number of hydrogen-bond donors (Lipinski definition) is 1. The number of methoxy groups -OCH3 is 2. The first-order valence-electron chi connectivity index (χ1n) is 16.8. The van der Waals surface area contributed by atoms with Gasteiger partial charge in [0.05, 0.1) is 24.8 Å². The van der Waals surface area contributed by atoms with E-state index in [1.54, 1.807) is 42.5 Å². The van der Waals surface area contributed by atoms with Crippen LogP contribution in [0.1, 0.15) is 48.8 Å². The van der Waals surface area contributed by atoms with Crippen molar-refractivity contribution in [3.8, 4) is 11.5 Å². The first-order valence-corrected chi connectivity index (χ1v) is 18.6. The molecule has 1 fully saturated rings. The number of nitrogens with zero attached hydrogens (tertiary/aromatic N) is 2. The first kappa shape index (κ1) is 36.7. The molecule has 1 aliphatic carbocycles. The van der Waals surface area contributed by atoms with Gasteiger partial charge in [0.25, 0.3) is 10.0 Å². The molecule has 264 valence electrons. The average molecular weight is 718 g/mol. The number of carbonyl (C=O) groups excluding carboxylic acids is 2. The lowest BCUT2D eigenvalue weighted by molar-refractivity contribution is -0.140. The largest absolute Gasteiger partial charge is 0.493 e. The van der Waals surface area contributed by atoms with Crippen molar-refractivity contribution >= 4 is 39.1 Å². The predicted octanol–water partition coefficient (Wildman–Crippen LogP) is 6.95. The number of amides is 2. The topological polar surface area (TPSA) is 105 Å². The number of ether oxygens (including phenoxy) is 2. The number of hydrogen-bond acceptors (Lipinski definition) is 6. The van der Waals surface area contributed by atoms with Crippen LogP contribution in [0.3, 0.4) is 0 Å². The van der Waals surface area contributed by atoms with E-state index >= 15 is 0 Å². The Hall–Kier alpha value is -4.54. The van der Waals surface area contributed by atoms with Crippen LogP contribution >= 0.6 is 11.6 Å². The van der Waals surface area contributed by atoms with Gasteiger partial charge in [0.1, 0.15) is 12.6 Å². The molecule has 1 aliphatic rings. The molecule has 1 saturated carbocycles. The van der Waals surface area contributed by atoms with Crippen molar-refractivity contribution in [1.29, 1.82) is 0 Å². The van der Waals surface area contributed by atoms with E-state index in [2.05, 4.69) is 5.32 Å². The molecule has 0 heterocycles. The molecule has 1 unspecified atom stereocenters. The van der Waals surface area contributed by atoms with E-state index in [0.29, 0.717) is 22.1 Å². The Morgan fingerprint density at radius 2 is 1.52 bits per heavy atom. The molecule has 0 aromatic heterocycles. The molecular weight excluding hydrogens is 674 g/mol. The zero-order chi connectivity index (χ0) is 35.7. The number of nitrogens with one attached hydrogen (secondary N) is 1.